The molecule has 0 fully saturated rings. The molecule has 0 bridgehead atoms. The van der Waals surface area contributed by atoms with E-state index in [0.29, 0.717) is 5.69 Å². The summed E-state index contributed by atoms with van der Waals surface area (Å²) in [5.74, 6) is -1.10. The van der Waals surface area contributed by atoms with Crippen molar-refractivity contribution in [2.45, 2.75) is 4.90 Å². The second kappa shape index (κ2) is 6.13. The van der Waals surface area contributed by atoms with Gasteiger partial charge in [0.1, 0.15) is 5.82 Å². The van der Waals surface area contributed by atoms with Crippen molar-refractivity contribution in [2.24, 2.45) is 0 Å². The fourth-order valence-corrected chi connectivity index (χ4v) is 2.11. The van der Waals surface area contributed by atoms with Gasteiger partial charge >= 0.3 is 0 Å². The average molecular weight is 313 g/mol. The van der Waals surface area contributed by atoms with Crippen LogP contribution in [0.25, 0.3) is 0 Å². The molecule has 1 N–H and O–H groups in total. The second-order valence-electron chi connectivity index (χ2n) is 3.85. The molecule has 20 heavy (non-hydrogen) atoms. The van der Waals surface area contributed by atoms with Crippen molar-refractivity contribution in [2.75, 3.05) is 5.32 Å². The highest BCUT2D eigenvalue weighted by atomic mass is 35.5. The van der Waals surface area contributed by atoms with Crippen LogP contribution in [0.3, 0.4) is 0 Å². The van der Waals surface area contributed by atoms with Crippen LogP contribution in [0.1, 0.15) is 10.4 Å². The number of hydrogen-bond donors (Lipinski definition) is 1. The number of amides is 1. The molecule has 0 saturated heterocycles. The molecule has 0 aromatic heterocycles. The van der Waals surface area contributed by atoms with Crippen molar-refractivity contribution >= 4 is 34.3 Å². The number of carbonyl (C=O) groups excluding carboxylic acids is 1. The van der Waals surface area contributed by atoms with Gasteiger partial charge in [0.25, 0.3) is 5.91 Å². The normalized spacial score (nSPS) is 11.9. The van der Waals surface area contributed by atoms with Gasteiger partial charge in [0.05, 0.1) is 5.02 Å². The predicted octanol–water partition coefficient (Wildman–Crippen LogP) is 2.97. The van der Waals surface area contributed by atoms with E-state index < -0.39 is 22.8 Å². The largest absolute Gasteiger partial charge is 0.768 e. The Morgan fingerprint density at radius 2 is 2.00 bits per heavy atom. The highest BCUT2D eigenvalue weighted by Gasteiger charge is 2.08. The third kappa shape index (κ3) is 3.41. The van der Waals surface area contributed by atoms with Crippen LogP contribution in [0, 0.1) is 5.82 Å². The van der Waals surface area contributed by atoms with Crippen LogP contribution in [0.2, 0.25) is 5.02 Å². The summed E-state index contributed by atoms with van der Waals surface area (Å²) in [6.45, 7) is 0. The molecule has 0 aliphatic heterocycles. The summed E-state index contributed by atoms with van der Waals surface area (Å²) < 4.78 is 34.6. The number of carbonyl (C=O) groups is 1. The molecule has 0 aliphatic carbocycles. The van der Waals surface area contributed by atoms with E-state index in [0.717, 1.165) is 6.07 Å². The van der Waals surface area contributed by atoms with Crippen LogP contribution in [0.15, 0.2) is 47.4 Å². The summed E-state index contributed by atoms with van der Waals surface area (Å²) in [4.78, 5) is 11.9. The molecule has 1 amide bonds. The highest BCUT2D eigenvalue weighted by molar-refractivity contribution is 7.79. The maximum Gasteiger partial charge on any atom is 0.255 e. The van der Waals surface area contributed by atoms with Gasteiger partial charge in [-0.1, -0.05) is 17.7 Å². The standard InChI is InChI=1S/C13H9ClFNO3S/c14-11-7-9(4-5-12(11)15)16-13(17)8-2-1-3-10(6-8)20(18)19/h1-7H,(H,16,17)(H,18,19)/p-1. The van der Waals surface area contributed by atoms with Gasteiger partial charge in [-0.15, -0.1) is 0 Å². The number of benzene rings is 2. The summed E-state index contributed by atoms with van der Waals surface area (Å²) in [7, 11) is 0. The van der Waals surface area contributed by atoms with Crippen LogP contribution in [0.5, 0.6) is 0 Å². The van der Waals surface area contributed by atoms with Gasteiger partial charge in [-0.05, 0) is 47.5 Å². The minimum Gasteiger partial charge on any atom is -0.768 e. The van der Waals surface area contributed by atoms with E-state index in [1.54, 1.807) is 0 Å². The second-order valence-corrected chi connectivity index (χ2v) is 5.19. The zero-order valence-corrected chi connectivity index (χ0v) is 11.5. The summed E-state index contributed by atoms with van der Waals surface area (Å²) in [6.07, 6.45) is 0. The maximum atomic E-state index is 13.0. The average Bonchev–Trinajstić information content (AvgIpc) is 2.43. The molecule has 2 rings (SSSR count). The lowest BCUT2D eigenvalue weighted by Gasteiger charge is -2.09. The van der Waals surface area contributed by atoms with E-state index in [2.05, 4.69) is 5.32 Å². The predicted molar refractivity (Wildman–Crippen MR) is 73.0 cm³/mol. The molecule has 104 valence electrons. The van der Waals surface area contributed by atoms with Gasteiger partial charge in [0.2, 0.25) is 0 Å². The first-order chi connectivity index (χ1) is 9.47. The topological polar surface area (TPSA) is 69.2 Å². The number of anilines is 1. The lowest BCUT2D eigenvalue weighted by atomic mass is 10.2. The number of rotatable bonds is 3. The zero-order chi connectivity index (χ0) is 14.7. The first kappa shape index (κ1) is 14.6. The molecule has 7 heteroatoms. The molecule has 1 atom stereocenters. The van der Waals surface area contributed by atoms with Gasteiger partial charge in [0, 0.05) is 16.1 Å². The molecular weight excluding hydrogens is 305 g/mol. The molecule has 2 aromatic rings. The first-order valence-electron chi connectivity index (χ1n) is 5.43. The molecular formula is C13H8ClFNO3S-. The lowest BCUT2D eigenvalue weighted by molar-refractivity contribution is 0.102. The van der Waals surface area contributed by atoms with Gasteiger partial charge < -0.3 is 9.87 Å². The van der Waals surface area contributed by atoms with E-state index in [4.69, 9.17) is 11.6 Å². The van der Waals surface area contributed by atoms with Crippen molar-refractivity contribution in [3.8, 4) is 0 Å². The zero-order valence-electron chi connectivity index (χ0n) is 9.93. The minimum absolute atomic E-state index is 0.00906. The molecule has 1 unspecified atom stereocenters. The molecule has 0 aliphatic rings. The molecule has 0 saturated carbocycles. The number of halogens is 2. The van der Waals surface area contributed by atoms with E-state index in [-0.39, 0.29) is 15.5 Å². The SMILES string of the molecule is O=C(Nc1ccc(F)c(Cl)c1)c1cccc(S(=O)[O-])c1. The number of nitrogens with one attached hydrogen (secondary N) is 1. The molecule has 0 radical (unpaired) electrons. The fourth-order valence-electron chi connectivity index (χ4n) is 1.52. The Balaban J connectivity index is 2.21. The Bertz CT molecular complexity index is 693. The Morgan fingerprint density at radius 3 is 2.65 bits per heavy atom. The summed E-state index contributed by atoms with van der Waals surface area (Å²) in [5.41, 5.74) is 0.488. The minimum atomic E-state index is -2.41. The van der Waals surface area contributed by atoms with Gasteiger partial charge in [-0.2, -0.15) is 0 Å². The smallest absolute Gasteiger partial charge is 0.255 e. The summed E-state index contributed by atoms with van der Waals surface area (Å²) >= 11 is 3.19. The van der Waals surface area contributed by atoms with Gasteiger partial charge in [0.15, 0.2) is 0 Å². The molecule has 4 nitrogen and oxygen atoms in total. The Labute approximate surface area is 121 Å². The van der Waals surface area contributed by atoms with Crippen molar-refractivity contribution in [3.63, 3.8) is 0 Å². The van der Waals surface area contributed by atoms with Crippen LogP contribution in [0.4, 0.5) is 10.1 Å². The van der Waals surface area contributed by atoms with Gasteiger partial charge in [-0.25, -0.2) is 4.39 Å². The monoisotopic (exact) mass is 312 g/mol. The molecule has 0 spiro atoms. The van der Waals surface area contributed by atoms with E-state index >= 15 is 0 Å². The third-order valence-corrected chi connectivity index (χ3v) is 3.39. The maximum absolute atomic E-state index is 13.0. The Hall–Kier alpha value is -1.76. The Morgan fingerprint density at radius 1 is 1.25 bits per heavy atom. The van der Waals surface area contributed by atoms with Crippen molar-refractivity contribution in [1.29, 1.82) is 0 Å². The lowest BCUT2D eigenvalue weighted by Crippen LogP contribution is -2.12. The summed E-state index contributed by atoms with van der Waals surface area (Å²) in [6, 6.07) is 9.28. The van der Waals surface area contributed by atoms with Crippen LogP contribution in [-0.2, 0) is 11.1 Å². The quantitative estimate of drug-likeness (QED) is 0.886. The van der Waals surface area contributed by atoms with Crippen molar-refractivity contribution < 1.29 is 17.9 Å². The van der Waals surface area contributed by atoms with Crippen molar-refractivity contribution in [1.82, 2.24) is 0 Å². The first-order valence-corrected chi connectivity index (χ1v) is 6.88. The van der Waals surface area contributed by atoms with E-state index in [9.17, 15) is 17.9 Å². The third-order valence-electron chi connectivity index (χ3n) is 2.47. The highest BCUT2D eigenvalue weighted by Crippen LogP contribution is 2.20. The number of hydrogen-bond acceptors (Lipinski definition) is 3. The molecule has 0 heterocycles. The van der Waals surface area contributed by atoms with E-state index in [1.807, 2.05) is 0 Å². The summed E-state index contributed by atoms with van der Waals surface area (Å²) in [5, 5.41) is 2.39. The van der Waals surface area contributed by atoms with Crippen LogP contribution < -0.4 is 5.32 Å². The van der Waals surface area contributed by atoms with Gasteiger partial charge in [-0.3, -0.25) is 9.00 Å². The molecule has 2 aromatic carbocycles. The van der Waals surface area contributed by atoms with Crippen molar-refractivity contribution in [3.05, 3.63) is 58.9 Å². The Kier molecular flexibility index (Phi) is 4.49. The van der Waals surface area contributed by atoms with Crippen LogP contribution in [-0.4, -0.2) is 14.7 Å². The van der Waals surface area contributed by atoms with Crippen LogP contribution >= 0.6 is 11.6 Å². The fraction of sp³-hybridized carbons (Fsp3) is 0. The van der Waals surface area contributed by atoms with E-state index in [1.165, 1.54) is 36.4 Å².